The van der Waals surface area contributed by atoms with Crippen molar-refractivity contribution in [1.82, 2.24) is 4.98 Å². The molecule has 10 rings (SSSR count). The largest absolute Gasteiger partial charge is 0.305 e. The molecule has 0 atom stereocenters. The molecule has 1 radical (unpaired) electrons. The summed E-state index contributed by atoms with van der Waals surface area (Å²) in [5.41, 5.74) is 12.0. The molecule has 0 saturated heterocycles. The molecule has 0 aliphatic carbocycles. The second-order valence-electron chi connectivity index (χ2n) is 13.3. The summed E-state index contributed by atoms with van der Waals surface area (Å²) in [5.74, 6) is 0. The van der Waals surface area contributed by atoms with Crippen molar-refractivity contribution in [3.8, 4) is 55.8 Å². The molecule has 1 aromatic heterocycles. The molecular formula is C53H36IrN-. The second kappa shape index (κ2) is 16.3. The van der Waals surface area contributed by atoms with Crippen molar-refractivity contribution in [2.24, 2.45) is 0 Å². The van der Waals surface area contributed by atoms with Gasteiger partial charge in [-0.3, -0.25) is 0 Å². The third-order valence-corrected chi connectivity index (χ3v) is 10.1. The first-order valence-electron chi connectivity index (χ1n) is 18.4. The maximum absolute atomic E-state index is 4.22. The number of rotatable bonds is 5. The molecule has 55 heavy (non-hydrogen) atoms. The molecule has 10 aromatic rings. The van der Waals surface area contributed by atoms with Gasteiger partial charge in [0.2, 0.25) is 0 Å². The monoisotopic (exact) mass is 879 g/mol. The number of fused-ring (bicyclic) bond motifs is 3. The molecule has 0 saturated carbocycles. The van der Waals surface area contributed by atoms with Crippen molar-refractivity contribution in [2.75, 3.05) is 0 Å². The van der Waals surface area contributed by atoms with Crippen molar-refractivity contribution in [3.05, 3.63) is 225 Å². The van der Waals surface area contributed by atoms with Gasteiger partial charge in [0, 0.05) is 26.3 Å². The molecule has 0 N–H and O–H groups in total. The Hall–Kier alpha value is -6.44. The van der Waals surface area contributed by atoms with Gasteiger partial charge in [0.15, 0.2) is 0 Å². The number of aromatic nitrogens is 1. The molecule has 2 heteroatoms. The maximum Gasteiger partial charge on any atom is 0.0160 e. The van der Waals surface area contributed by atoms with E-state index in [2.05, 4.69) is 181 Å². The third-order valence-electron chi connectivity index (χ3n) is 10.1. The van der Waals surface area contributed by atoms with E-state index in [0.29, 0.717) is 0 Å². The van der Waals surface area contributed by atoms with Crippen LogP contribution in [0.1, 0.15) is 0 Å². The average Bonchev–Trinajstić information content (AvgIpc) is 3.27. The van der Waals surface area contributed by atoms with Gasteiger partial charge in [-0.05, 0) is 88.6 Å². The number of hydrogen-bond donors (Lipinski definition) is 0. The van der Waals surface area contributed by atoms with Crippen LogP contribution in [-0.4, -0.2) is 4.98 Å². The van der Waals surface area contributed by atoms with E-state index in [9.17, 15) is 0 Å². The van der Waals surface area contributed by atoms with Crippen LogP contribution >= 0.6 is 0 Å². The molecule has 0 fully saturated rings. The van der Waals surface area contributed by atoms with E-state index in [1.54, 1.807) is 6.20 Å². The van der Waals surface area contributed by atoms with Crippen LogP contribution in [0.3, 0.4) is 0 Å². The molecule has 0 spiro atoms. The van der Waals surface area contributed by atoms with E-state index in [0.717, 1.165) is 11.3 Å². The molecule has 0 bridgehead atoms. The summed E-state index contributed by atoms with van der Waals surface area (Å²) in [6.07, 6.45) is 1.79. The molecule has 1 heterocycles. The Kier molecular flexibility index (Phi) is 10.5. The van der Waals surface area contributed by atoms with E-state index in [4.69, 9.17) is 0 Å². The van der Waals surface area contributed by atoms with Crippen LogP contribution in [0.5, 0.6) is 0 Å². The Morgan fingerprint density at radius 3 is 0.945 bits per heavy atom. The van der Waals surface area contributed by atoms with Gasteiger partial charge >= 0.3 is 0 Å². The van der Waals surface area contributed by atoms with Gasteiger partial charge in [0.25, 0.3) is 0 Å². The van der Waals surface area contributed by atoms with Crippen LogP contribution in [0.25, 0.3) is 88.1 Å². The van der Waals surface area contributed by atoms with Crippen LogP contribution in [-0.2, 0) is 20.1 Å². The fraction of sp³-hybridized carbons (Fsp3) is 0. The van der Waals surface area contributed by atoms with Crippen molar-refractivity contribution in [1.29, 1.82) is 0 Å². The molecule has 1 nitrogen and oxygen atoms in total. The molecule has 0 unspecified atom stereocenters. The maximum atomic E-state index is 4.22. The number of pyridine rings is 1. The standard InChI is InChI=1S/C42H28.C11H8N.Ir/c1-5-17-29(18-6-1)37-33-25-13-14-26-34(33)39(31-21-9-3-10-22-31)42-40(32-23-11-4-12-24-32)36-28-16-15-27-35(36)38(41(37)42)30-19-7-2-8-20-30;1-2-6-10(7-3-1)11-8-4-5-9-12-11;/h1-28H;1-6,8-9H;/q;-1;. The van der Waals surface area contributed by atoms with Crippen molar-refractivity contribution in [3.63, 3.8) is 0 Å². The van der Waals surface area contributed by atoms with Crippen LogP contribution in [0, 0.1) is 6.07 Å². The van der Waals surface area contributed by atoms with E-state index in [1.807, 2.05) is 42.5 Å². The van der Waals surface area contributed by atoms with Gasteiger partial charge < -0.3 is 4.98 Å². The summed E-state index contributed by atoms with van der Waals surface area (Å²) in [7, 11) is 0. The number of benzene rings is 9. The molecular weight excluding hydrogens is 843 g/mol. The van der Waals surface area contributed by atoms with Crippen molar-refractivity contribution >= 4 is 32.3 Å². The summed E-state index contributed by atoms with van der Waals surface area (Å²) in [5, 5.41) is 7.65. The van der Waals surface area contributed by atoms with Crippen molar-refractivity contribution < 1.29 is 20.1 Å². The zero-order valence-corrected chi connectivity index (χ0v) is 32.5. The second-order valence-corrected chi connectivity index (χ2v) is 13.3. The van der Waals surface area contributed by atoms with Gasteiger partial charge in [-0.1, -0.05) is 182 Å². The fourth-order valence-electron chi connectivity index (χ4n) is 7.82. The quantitative estimate of drug-likeness (QED) is 0.124. The van der Waals surface area contributed by atoms with E-state index >= 15 is 0 Å². The minimum absolute atomic E-state index is 0. The van der Waals surface area contributed by atoms with Gasteiger partial charge in [0.1, 0.15) is 0 Å². The predicted octanol–water partition coefficient (Wildman–Crippen LogP) is 14.4. The van der Waals surface area contributed by atoms with Crippen LogP contribution in [0.15, 0.2) is 219 Å². The average molecular weight is 879 g/mol. The Balaban J connectivity index is 0.000000280. The Labute approximate surface area is 336 Å². The number of nitrogens with zero attached hydrogens (tertiary/aromatic N) is 1. The predicted molar refractivity (Wildman–Crippen MR) is 229 cm³/mol. The Morgan fingerprint density at radius 1 is 0.309 bits per heavy atom. The zero-order chi connectivity index (χ0) is 36.1. The van der Waals surface area contributed by atoms with Gasteiger partial charge in [-0.15, -0.1) is 35.9 Å². The van der Waals surface area contributed by atoms with Gasteiger partial charge in [-0.2, -0.15) is 0 Å². The Morgan fingerprint density at radius 2 is 0.636 bits per heavy atom. The number of hydrogen-bond acceptors (Lipinski definition) is 1. The summed E-state index contributed by atoms with van der Waals surface area (Å²) >= 11 is 0. The van der Waals surface area contributed by atoms with Crippen LogP contribution < -0.4 is 0 Å². The molecule has 0 amide bonds. The summed E-state index contributed by atoms with van der Waals surface area (Å²) < 4.78 is 0. The summed E-state index contributed by atoms with van der Waals surface area (Å²) in [6.45, 7) is 0. The third kappa shape index (κ3) is 6.91. The van der Waals surface area contributed by atoms with E-state index < -0.39 is 0 Å². The molecule has 9 aromatic carbocycles. The first-order chi connectivity index (χ1) is 26.9. The SMILES string of the molecule is [Ir].[c-]1ccccc1-c1ccccn1.c1ccc(-c2c3ccccc3c(-c3ccccc3)c3c(-c4ccccc4)c4ccccc4c(-c4ccccc4)c23)cc1. The minimum atomic E-state index is 0. The summed E-state index contributed by atoms with van der Waals surface area (Å²) in [4.78, 5) is 4.22. The normalized spacial score (nSPS) is 10.8. The molecule has 0 aliphatic heterocycles. The van der Waals surface area contributed by atoms with Crippen molar-refractivity contribution in [2.45, 2.75) is 0 Å². The smallest absolute Gasteiger partial charge is 0.0160 e. The summed E-state index contributed by atoms with van der Waals surface area (Å²) in [6, 6.07) is 78.5. The first-order valence-corrected chi connectivity index (χ1v) is 18.4. The van der Waals surface area contributed by atoms with Gasteiger partial charge in [0.05, 0.1) is 0 Å². The zero-order valence-electron chi connectivity index (χ0n) is 30.1. The first kappa shape index (κ1) is 35.6. The van der Waals surface area contributed by atoms with E-state index in [-0.39, 0.29) is 20.1 Å². The van der Waals surface area contributed by atoms with E-state index in [1.165, 1.54) is 76.8 Å². The Bertz CT molecular complexity index is 2470. The molecule has 263 valence electrons. The topological polar surface area (TPSA) is 12.9 Å². The fourth-order valence-corrected chi connectivity index (χ4v) is 7.82. The minimum Gasteiger partial charge on any atom is -0.305 e. The van der Waals surface area contributed by atoms with Crippen LogP contribution in [0.2, 0.25) is 0 Å². The molecule has 0 aliphatic rings. The van der Waals surface area contributed by atoms with Gasteiger partial charge in [-0.25, -0.2) is 0 Å². The van der Waals surface area contributed by atoms with Crippen LogP contribution in [0.4, 0.5) is 0 Å².